The maximum absolute atomic E-state index is 12.2. The molecule has 0 bridgehead atoms. The van der Waals surface area contributed by atoms with E-state index in [0.29, 0.717) is 23.9 Å². The number of carbonyl (C=O) groups is 2. The zero-order chi connectivity index (χ0) is 15.4. The molecule has 2 rings (SSSR count). The van der Waals surface area contributed by atoms with Crippen LogP contribution in [0, 0.1) is 0 Å². The SMILES string of the molecule is CCOc1ccc(NC(=O)N2C(C)SCC2C(=O)O)cn1. The number of ether oxygens (including phenoxy) is 1. The van der Waals surface area contributed by atoms with Crippen LogP contribution in [0.1, 0.15) is 13.8 Å². The van der Waals surface area contributed by atoms with Gasteiger partial charge in [0.2, 0.25) is 5.88 Å². The molecule has 1 aliphatic heterocycles. The third kappa shape index (κ3) is 3.57. The topological polar surface area (TPSA) is 91.8 Å². The molecule has 2 amide bonds. The first-order valence-corrected chi connectivity index (χ1v) is 7.60. The van der Waals surface area contributed by atoms with E-state index in [1.165, 1.54) is 22.9 Å². The summed E-state index contributed by atoms with van der Waals surface area (Å²) in [5.74, 6) is -0.123. The third-order valence-electron chi connectivity index (χ3n) is 3.02. The molecule has 0 saturated carbocycles. The number of nitrogens with zero attached hydrogens (tertiary/aromatic N) is 2. The van der Waals surface area contributed by atoms with Crippen molar-refractivity contribution in [2.75, 3.05) is 17.7 Å². The van der Waals surface area contributed by atoms with Crippen LogP contribution in [-0.4, -0.2) is 50.8 Å². The van der Waals surface area contributed by atoms with E-state index in [2.05, 4.69) is 10.3 Å². The zero-order valence-corrected chi connectivity index (χ0v) is 12.6. The van der Waals surface area contributed by atoms with E-state index in [4.69, 9.17) is 9.84 Å². The summed E-state index contributed by atoms with van der Waals surface area (Å²) in [7, 11) is 0. The highest BCUT2D eigenvalue weighted by molar-refractivity contribution is 8.00. The van der Waals surface area contributed by atoms with Gasteiger partial charge >= 0.3 is 12.0 Å². The van der Waals surface area contributed by atoms with Crippen LogP contribution >= 0.6 is 11.8 Å². The van der Waals surface area contributed by atoms with E-state index >= 15 is 0 Å². The fourth-order valence-corrected chi connectivity index (χ4v) is 3.18. The van der Waals surface area contributed by atoms with Gasteiger partial charge in [0.05, 0.1) is 23.9 Å². The first kappa shape index (κ1) is 15.4. The number of hydrogen-bond donors (Lipinski definition) is 2. The van der Waals surface area contributed by atoms with Crippen molar-refractivity contribution in [1.82, 2.24) is 9.88 Å². The van der Waals surface area contributed by atoms with Crippen molar-refractivity contribution in [2.24, 2.45) is 0 Å². The van der Waals surface area contributed by atoms with Gasteiger partial charge in [0, 0.05) is 11.8 Å². The Morgan fingerprint density at radius 1 is 1.57 bits per heavy atom. The number of carbonyl (C=O) groups excluding carboxylic acids is 1. The van der Waals surface area contributed by atoms with Gasteiger partial charge in [-0.3, -0.25) is 4.90 Å². The van der Waals surface area contributed by atoms with Gasteiger partial charge in [-0.15, -0.1) is 11.8 Å². The minimum atomic E-state index is -0.994. The lowest BCUT2D eigenvalue weighted by atomic mass is 10.3. The van der Waals surface area contributed by atoms with E-state index in [1.54, 1.807) is 12.1 Å². The van der Waals surface area contributed by atoms with Gasteiger partial charge < -0.3 is 15.2 Å². The zero-order valence-electron chi connectivity index (χ0n) is 11.8. The van der Waals surface area contributed by atoms with Gasteiger partial charge in [0.1, 0.15) is 6.04 Å². The Morgan fingerprint density at radius 3 is 2.90 bits per heavy atom. The highest BCUT2D eigenvalue weighted by Crippen LogP contribution is 2.29. The van der Waals surface area contributed by atoms with Crippen molar-refractivity contribution in [3.8, 4) is 5.88 Å². The van der Waals surface area contributed by atoms with E-state index in [1.807, 2.05) is 13.8 Å². The van der Waals surface area contributed by atoms with E-state index in [0.717, 1.165) is 0 Å². The van der Waals surface area contributed by atoms with Crippen LogP contribution in [0.3, 0.4) is 0 Å². The van der Waals surface area contributed by atoms with Crippen molar-refractivity contribution in [3.05, 3.63) is 18.3 Å². The Hall–Kier alpha value is -1.96. The molecule has 2 unspecified atom stereocenters. The number of thioether (sulfide) groups is 1. The van der Waals surface area contributed by atoms with Crippen molar-refractivity contribution >= 4 is 29.4 Å². The number of nitrogens with one attached hydrogen (secondary N) is 1. The molecular formula is C13H17N3O4S. The molecule has 7 nitrogen and oxygen atoms in total. The van der Waals surface area contributed by atoms with Gasteiger partial charge in [0.15, 0.2) is 0 Å². The van der Waals surface area contributed by atoms with Gasteiger partial charge in [-0.05, 0) is 19.9 Å². The molecule has 2 N–H and O–H groups in total. The molecule has 1 aromatic rings. The lowest BCUT2D eigenvalue weighted by Crippen LogP contribution is -2.46. The summed E-state index contributed by atoms with van der Waals surface area (Å²) in [5.41, 5.74) is 0.497. The predicted octanol–water partition coefficient (Wildman–Crippen LogP) is 1.86. The second-order valence-electron chi connectivity index (χ2n) is 4.44. The first-order chi connectivity index (χ1) is 10.0. The van der Waals surface area contributed by atoms with Crippen LogP contribution in [0.25, 0.3) is 0 Å². The lowest BCUT2D eigenvalue weighted by molar-refractivity contribution is -0.141. The summed E-state index contributed by atoms with van der Waals surface area (Å²) in [6.45, 7) is 4.18. The molecule has 2 atom stereocenters. The Morgan fingerprint density at radius 2 is 2.33 bits per heavy atom. The van der Waals surface area contributed by atoms with Gasteiger partial charge in [0.25, 0.3) is 0 Å². The quantitative estimate of drug-likeness (QED) is 0.882. The number of aliphatic carboxylic acids is 1. The Kier molecular flexibility index (Phi) is 4.89. The fraction of sp³-hybridized carbons (Fsp3) is 0.462. The summed E-state index contributed by atoms with van der Waals surface area (Å²) in [6, 6.07) is 2.07. The molecular weight excluding hydrogens is 294 g/mol. The molecule has 8 heteroatoms. The number of urea groups is 1. The molecule has 1 fully saturated rings. The largest absolute Gasteiger partial charge is 0.480 e. The number of pyridine rings is 1. The minimum Gasteiger partial charge on any atom is -0.480 e. The predicted molar refractivity (Wildman–Crippen MR) is 79.6 cm³/mol. The smallest absolute Gasteiger partial charge is 0.327 e. The molecule has 21 heavy (non-hydrogen) atoms. The monoisotopic (exact) mass is 311 g/mol. The summed E-state index contributed by atoms with van der Waals surface area (Å²) in [4.78, 5) is 28.8. The van der Waals surface area contributed by atoms with Crippen LogP contribution in [-0.2, 0) is 4.79 Å². The highest BCUT2D eigenvalue weighted by Gasteiger charge is 2.39. The molecule has 1 aliphatic rings. The molecule has 0 radical (unpaired) electrons. The lowest BCUT2D eigenvalue weighted by Gasteiger charge is -2.25. The van der Waals surface area contributed by atoms with E-state index in [-0.39, 0.29) is 5.37 Å². The maximum atomic E-state index is 12.2. The van der Waals surface area contributed by atoms with E-state index < -0.39 is 18.0 Å². The minimum absolute atomic E-state index is 0.179. The molecule has 1 aromatic heterocycles. The van der Waals surface area contributed by atoms with Crippen molar-refractivity contribution in [2.45, 2.75) is 25.3 Å². The summed E-state index contributed by atoms with van der Waals surface area (Å²) in [6.07, 6.45) is 1.48. The van der Waals surface area contributed by atoms with Crippen LogP contribution in [0.4, 0.5) is 10.5 Å². The van der Waals surface area contributed by atoms with Crippen LogP contribution in [0.5, 0.6) is 5.88 Å². The average Bonchev–Trinajstić information content (AvgIpc) is 2.83. The van der Waals surface area contributed by atoms with Crippen molar-refractivity contribution in [1.29, 1.82) is 0 Å². The molecule has 0 aromatic carbocycles. The average molecular weight is 311 g/mol. The van der Waals surface area contributed by atoms with Crippen LogP contribution in [0.2, 0.25) is 0 Å². The van der Waals surface area contributed by atoms with E-state index in [9.17, 15) is 9.59 Å². The first-order valence-electron chi connectivity index (χ1n) is 6.55. The fourth-order valence-electron chi connectivity index (χ4n) is 2.02. The number of amides is 2. The Balaban J connectivity index is 2.04. The normalized spacial score (nSPS) is 21.1. The second-order valence-corrected chi connectivity index (χ2v) is 5.79. The maximum Gasteiger partial charge on any atom is 0.327 e. The van der Waals surface area contributed by atoms with Crippen molar-refractivity contribution in [3.63, 3.8) is 0 Å². The number of anilines is 1. The summed E-state index contributed by atoms with van der Waals surface area (Å²) < 4.78 is 5.22. The van der Waals surface area contributed by atoms with Crippen LogP contribution in [0.15, 0.2) is 18.3 Å². The Labute approximate surface area is 126 Å². The number of aromatic nitrogens is 1. The molecule has 1 saturated heterocycles. The number of rotatable bonds is 4. The molecule has 0 aliphatic carbocycles. The standard InChI is InChI=1S/C13H17N3O4S/c1-3-20-11-5-4-9(6-14-11)15-13(19)16-8(2)21-7-10(16)12(17)18/h4-6,8,10H,3,7H2,1-2H3,(H,15,19)(H,17,18). The molecule has 0 spiro atoms. The van der Waals surface area contributed by atoms with Crippen molar-refractivity contribution < 1.29 is 19.4 Å². The summed E-state index contributed by atoms with van der Waals surface area (Å²) in [5, 5.41) is 11.6. The summed E-state index contributed by atoms with van der Waals surface area (Å²) >= 11 is 1.44. The second kappa shape index (κ2) is 6.66. The van der Waals surface area contributed by atoms with Gasteiger partial charge in [-0.25, -0.2) is 14.6 Å². The number of carboxylic acid groups (broad SMARTS) is 1. The third-order valence-corrected chi connectivity index (χ3v) is 4.24. The number of carboxylic acids is 1. The molecule has 114 valence electrons. The Bertz CT molecular complexity index is 523. The molecule has 2 heterocycles. The van der Waals surface area contributed by atoms with Gasteiger partial charge in [-0.2, -0.15) is 0 Å². The number of hydrogen-bond acceptors (Lipinski definition) is 5. The van der Waals surface area contributed by atoms with Gasteiger partial charge in [-0.1, -0.05) is 0 Å². The van der Waals surface area contributed by atoms with Crippen LogP contribution < -0.4 is 10.1 Å². The highest BCUT2D eigenvalue weighted by atomic mass is 32.2.